The molecule has 332 valence electrons. The normalized spacial score (nSPS) is 19.6. The molecule has 15 nitrogen and oxygen atoms in total. The predicted octanol–water partition coefficient (Wildman–Crippen LogP) is 7.40. The molecular weight excluding hydrogens is 808 g/mol. The number of carbonyl (C=O) groups excluding carboxylic acids is 4. The van der Waals surface area contributed by atoms with Gasteiger partial charge < -0.3 is 44.6 Å². The number of amides is 4. The number of hydrogen-bond acceptors (Lipinski definition) is 9. The van der Waals surface area contributed by atoms with Gasteiger partial charge in [0.15, 0.2) is 0 Å². The summed E-state index contributed by atoms with van der Waals surface area (Å²) in [6, 6.07) is 13.2. The van der Waals surface area contributed by atoms with E-state index < -0.39 is 30.1 Å². The monoisotopic (exact) mass is 862 g/mol. The van der Waals surface area contributed by atoms with Crippen molar-refractivity contribution in [2.45, 2.75) is 83.1 Å². The van der Waals surface area contributed by atoms with Gasteiger partial charge in [0.25, 0.3) is 0 Å². The molecule has 4 N–H and O–H groups in total. The van der Waals surface area contributed by atoms with Crippen LogP contribution in [-0.2, 0) is 30.3 Å². The number of aromatic amines is 2. The Morgan fingerprint density at radius 3 is 2.46 bits per heavy atom. The van der Waals surface area contributed by atoms with Crippen LogP contribution in [0.15, 0.2) is 67.4 Å². The maximum Gasteiger partial charge on any atom is 0.407 e. The van der Waals surface area contributed by atoms with Gasteiger partial charge in [-0.2, -0.15) is 0 Å². The summed E-state index contributed by atoms with van der Waals surface area (Å²) in [5, 5.41) is 7.30. The van der Waals surface area contributed by atoms with Gasteiger partial charge in [-0.25, -0.2) is 23.9 Å². The number of hydrogen-bond donors (Lipinski definition) is 4. The highest BCUT2D eigenvalue weighted by Gasteiger charge is 2.51. The summed E-state index contributed by atoms with van der Waals surface area (Å²) in [6.07, 6.45) is 6.58. The first kappa shape index (κ1) is 43.4. The Balaban J connectivity index is 1.01. The van der Waals surface area contributed by atoms with Crippen LogP contribution in [-0.4, -0.2) is 106 Å². The topological polar surface area (TPSA) is 184 Å². The Morgan fingerprint density at radius 2 is 1.73 bits per heavy atom. The number of H-pyrrole nitrogens is 2. The number of benzene rings is 3. The second-order valence-corrected chi connectivity index (χ2v) is 17.1. The maximum absolute atomic E-state index is 16.1. The van der Waals surface area contributed by atoms with Crippen molar-refractivity contribution in [1.29, 1.82) is 0 Å². The number of imidazole rings is 2. The smallest absolute Gasteiger partial charge is 0.407 e. The third-order valence-corrected chi connectivity index (χ3v) is 12.9. The highest BCUT2D eigenvalue weighted by molar-refractivity contribution is 6.05. The summed E-state index contributed by atoms with van der Waals surface area (Å²) in [7, 11) is 2.56. The fraction of sp³-hybridized carbons (Fsp3) is 0.447. The molecule has 4 amide bonds. The number of aromatic nitrogens is 4. The first-order valence-corrected chi connectivity index (χ1v) is 21.7. The van der Waals surface area contributed by atoms with Gasteiger partial charge >= 0.3 is 12.2 Å². The third-order valence-electron chi connectivity index (χ3n) is 12.9. The molecule has 3 fully saturated rings. The van der Waals surface area contributed by atoms with Crippen LogP contribution in [0.25, 0.3) is 44.2 Å². The molecule has 5 atom stereocenters. The molecule has 8 rings (SSSR count). The Labute approximate surface area is 365 Å². The van der Waals surface area contributed by atoms with Gasteiger partial charge in [0, 0.05) is 36.8 Å². The van der Waals surface area contributed by atoms with E-state index in [1.165, 1.54) is 20.3 Å². The van der Waals surface area contributed by atoms with E-state index in [0.29, 0.717) is 67.5 Å². The van der Waals surface area contributed by atoms with Crippen molar-refractivity contribution in [3.63, 3.8) is 0 Å². The highest BCUT2D eigenvalue weighted by Crippen LogP contribution is 2.50. The van der Waals surface area contributed by atoms with Crippen molar-refractivity contribution in [1.82, 2.24) is 40.4 Å². The molecule has 2 bridgehead atoms. The largest absolute Gasteiger partial charge is 0.453 e. The van der Waals surface area contributed by atoms with Gasteiger partial charge in [0.05, 0.1) is 49.7 Å². The van der Waals surface area contributed by atoms with Crippen molar-refractivity contribution in [2.24, 2.45) is 17.8 Å². The van der Waals surface area contributed by atoms with Crippen molar-refractivity contribution in [2.75, 3.05) is 34.0 Å². The number of piperidine rings is 1. The fourth-order valence-corrected chi connectivity index (χ4v) is 9.67. The minimum absolute atomic E-state index is 0.0397. The lowest BCUT2D eigenvalue weighted by Gasteiger charge is -2.37. The van der Waals surface area contributed by atoms with Crippen LogP contribution in [0, 0.1) is 23.6 Å². The van der Waals surface area contributed by atoms with Gasteiger partial charge in [-0.05, 0) is 97.1 Å². The van der Waals surface area contributed by atoms with Crippen LogP contribution < -0.4 is 10.6 Å². The van der Waals surface area contributed by atoms with Crippen LogP contribution in [0.1, 0.15) is 70.1 Å². The summed E-state index contributed by atoms with van der Waals surface area (Å²) >= 11 is 0. The number of nitrogens with zero attached hydrogens (tertiary/aromatic N) is 4. The molecule has 0 spiro atoms. The lowest BCUT2D eigenvalue weighted by atomic mass is 9.90. The van der Waals surface area contributed by atoms with E-state index in [1.54, 1.807) is 23.2 Å². The van der Waals surface area contributed by atoms with E-state index in [0.717, 1.165) is 46.6 Å². The van der Waals surface area contributed by atoms with Crippen molar-refractivity contribution in [3.05, 3.63) is 84.8 Å². The predicted molar refractivity (Wildman–Crippen MR) is 235 cm³/mol. The number of rotatable bonds is 14. The molecule has 16 heteroatoms. The number of fused-ring (bicyclic) bond motifs is 5. The number of halogens is 1. The molecule has 1 saturated carbocycles. The summed E-state index contributed by atoms with van der Waals surface area (Å²) < 4.78 is 31.3. The first-order valence-electron chi connectivity index (χ1n) is 21.7. The number of ether oxygens (including phenoxy) is 3. The highest BCUT2D eigenvalue weighted by atomic mass is 19.1. The molecular formula is C47H55FN8O7. The molecule has 2 aliphatic heterocycles. The van der Waals surface area contributed by atoms with Crippen LogP contribution >= 0.6 is 0 Å². The van der Waals surface area contributed by atoms with Crippen LogP contribution in [0.5, 0.6) is 0 Å². The van der Waals surface area contributed by atoms with Crippen LogP contribution in [0.2, 0.25) is 0 Å². The minimum atomic E-state index is -0.775. The Morgan fingerprint density at radius 1 is 0.984 bits per heavy atom. The third kappa shape index (κ3) is 8.86. The molecule has 1 unspecified atom stereocenters. The summed E-state index contributed by atoms with van der Waals surface area (Å²) in [5.41, 5.74) is 3.93. The zero-order chi connectivity index (χ0) is 44.4. The van der Waals surface area contributed by atoms with Crippen molar-refractivity contribution < 1.29 is 37.8 Å². The fourth-order valence-electron chi connectivity index (χ4n) is 9.67. The maximum atomic E-state index is 16.1. The lowest BCUT2D eigenvalue weighted by molar-refractivity contribution is -0.139. The number of alkyl carbamates (subject to hydrolysis) is 2. The van der Waals surface area contributed by atoms with E-state index in [4.69, 9.17) is 19.2 Å². The standard InChI is InChI=1S/C47H55FN8O7/c1-6-7-18-55(44(57)40(54-47(60)62-5)27-16-19-63-20-17-27)25-38-50-36-15-11-30-21-28(9-13-33(30)41(36)52-38)29-10-14-34(35(48)23-29)37-24-49-43(51-37)42-31-8-12-32(22-31)56(42)45(58)39(26(2)3)53-46(59)61-4/h6,9-11,13-15,21,23-24,26-27,31-32,39-40,42H,1,7-8,12,16-20,22,25H2,2-5H3,(H,49,51)(H,50,52)(H,53,59)(H,54,60)/t31-,32+,39-,40-,42?/m0/s1. The number of nitrogens with one attached hydrogen (secondary N) is 4. The Bertz CT molecular complexity index is 2510. The van der Waals surface area contributed by atoms with Gasteiger partial charge in [-0.3, -0.25) is 9.59 Å². The van der Waals surface area contributed by atoms with Gasteiger partial charge in [0.1, 0.15) is 29.5 Å². The zero-order valence-electron chi connectivity index (χ0n) is 36.1. The SMILES string of the molecule is C=CCCN(Cc1nc2c(ccc3cc(-c4ccc(-c5cnc(C6[C@H]7CC[C@H](C7)N6C(=O)[C@@H](NC(=O)OC)C(C)C)[nH]5)c(F)c4)ccc32)[nH]1)C(=O)[C@@H](NC(=O)OC)C1CCOCC1. The van der Waals surface area contributed by atoms with Gasteiger partial charge in [-0.15, -0.1) is 6.58 Å². The van der Waals surface area contributed by atoms with Crippen LogP contribution in [0.4, 0.5) is 14.0 Å². The second-order valence-electron chi connectivity index (χ2n) is 17.1. The average Bonchev–Trinajstić information content (AvgIpc) is 4.13. The molecule has 2 saturated heterocycles. The number of likely N-dealkylation sites (tertiary alicyclic amines) is 1. The van der Waals surface area contributed by atoms with E-state index in [2.05, 4.69) is 32.2 Å². The van der Waals surface area contributed by atoms with E-state index in [-0.39, 0.29) is 48.2 Å². The van der Waals surface area contributed by atoms with E-state index >= 15 is 4.39 Å². The quantitative estimate of drug-likeness (QED) is 0.0827. The summed E-state index contributed by atoms with van der Waals surface area (Å²) in [5.74, 6) is 0.324. The molecule has 3 aliphatic rings. The zero-order valence-corrected chi connectivity index (χ0v) is 36.1. The number of carbonyl (C=O) groups is 4. The van der Waals surface area contributed by atoms with E-state index in [9.17, 15) is 19.2 Å². The van der Waals surface area contributed by atoms with Gasteiger partial charge in [-0.1, -0.05) is 44.2 Å². The lowest BCUT2D eigenvalue weighted by Crippen LogP contribution is -2.54. The Kier molecular flexibility index (Phi) is 12.8. The van der Waals surface area contributed by atoms with Crippen molar-refractivity contribution >= 4 is 45.8 Å². The number of methoxy groups -OCH3 is 2. The molecule has 5 aromatic rings. The molecule has 0 radical (unpaired) electrons. The molecule has 2 aromatic heterocycles. The summed E-state index contributed by atoms with van der Waals surface area (Å²) in [6.45, 7) is 9.23. The second kappa shape index (κ2) is 18.6. The molecule has 4 heterocycles. The molecule has 63 heavy (non-hydrogen) atoms. The molecule has 1 aliphatic carbocycles. The summed E-state index contributed by atoms with van der Waals surface area (Å²) in [4.78, 5) is 72.5. The molecule has 3 aromatic carbocycles. The van der Waals surface area contributed by atoms with Crippen LogP contribution in [0.3, 0.4) is 0 Å². The Hall–Kier alpha value is -6.29. The van der Waals surface area contributed by atoms with E-state index in [1.807, 2.05) is 55.1 Å². The average molecular weight is 863 g/mol. The van der Waals surface area contributed by atoms with Crippen molar-refractivity contribution in [3.8, 4) is 22.4 Å². The first-order chi connectivity index (χ1) is 30.5. The minimum Gasteiger partial charge on any atom is -0.453 e. The van der Waals surface area contributed by atoms with Gasteiger partial charge in [0.2, 0.25) is 11.8 Å².